The Hall–Kier alpha value is -0.310. The number of halogens is 1. The first kappa shape index (κ1) is 9.78. The van der Waals surface area contributed by atoms with Crippen LogP contribution >= 0.6 is 22.6 Å². The molecule has 0 amide bonds. The minimum atomic E-state index is 1.12. The first-order valence-corrected chi connectivity index (χ1v) is 5.66. The second kappa shape index (κ2) is 5.36. The van der Waals surface area contributed by atoms with Crippen LogP contribution in [0.2, 0.25) is 0 Å². The lowest BCUT2D eigenvalue weighted by atomic mass is 10.0. The van der Waals surface area contributed by atoms with Crippen molar-refractivity contribution in [2.75, 3.05) is 4.43 Å². The largest absolute Gasteiger partial charge is 0.0952 e. The zero-order chi connectivity index (χ0) is 8.81. The first-order chi connectivity index (χ1) is 5.84. The second-order valence-corrected chi connectivity index (χ2v) is 3.84. The molecule has 0 nitrogen and oxygen atoms in total. The minimum absolute atomic E-state index is 1.12. The quantitative estimate of drug-likeness (QED) is 0.575. The standard InChI is InChI=1S/C11H13I/c1-10(6-5-9-12)11-7-3-2-4-8-11/h2-4,7-8H,1,5-6,9H2. The lowest BCUT2D eigenvalue weighted by Crippen LogP contribution is -1.83. The maximum Gasteiger partial charge on any atom is -0.000156 e. The van der Waals surface area contributed by atoms with Gasteiger partial charge in [-0.05, 0) is 28.4 Å². The van der Waals surface area contributed by atoms with Crippen LogP contribution in [-0.4, -0.2) is 4.43 Å². The van der Waals surface area contributed by atoms with Crippen LogP contribution in [0.3, 0.4) is 0 Å². The van der Waals surface area contributed by atoms with Gasteiger partial charge in [0, 0.05) is 0 Å². The Balaban J connectivity index is 2.54. The van der Waals surface area contributed by atoms with Gasteiger partial charge in [0.25, 0.3) is 0 Å². The molecule has 0 radical (unpaired) electrons. The highest BCUT2D eigenvalue weighted by atomic mass is 127. The summed E-state index contributed by atoms with van der Waals surface area (Å²) in [5, 5.41) is 0. The molecule has 1 heteroatoms. The van der Waals surface area contributed by atoms with Gasteiger partial charge in [0.05, 0.1) is 0 Å². The number of hydrogen-bond acceptors (Lipinski definition) is 0. The van der Waals surface area contributed by atoms with Crippen LogP contribution in [0.4, 0.5) is 0 Å². The van der Waals surface area contributed by atoms with Crippen LogP contribution in [0.1, 0.15) is 18.4 Å². The molecule has 12 heavy (non-hydrogen) atoms. The fourth-order valence-electron chi connectivity index (χ4n) is 1.10. The van der Waals surface area contributed by atoms with E-state index in [2.05, 4.69) is 53.4 Å². The van der Waals surface area contributed by atoms with E-state index >= 15 is 0 Å². The van der Waals surface area contributed by atoms with Gasteiger partial charge in [-0.3, -0.25) is 0 Å². The topological polar surface area (TPSA) is 0 Å². The fraction of sp³-hybridized carbons (Fsp3) is 0.273. The average Bonchev–Trinajstić information content (AvgIpc) is 2.15. The molecule has 64 valence electrons. The molecule has 0 fully saturated rings. The lowest BCUT2D eigenvalue weighted by Gasteiger charge is -2.03. The number of hydrogen-bond donors (Lipinski definition) is 0. The van der Waals surface area contributed by atoms with Crippen molar-refractivity contribution in [1.29, 1.82) is 0 Å². The Kier molecular flexibility index (Phi) is 4.36. The smallest absolute Gasteiger partial charge is 0.000156 e. The summed E-state index contributed by atoms with van der Waals surface area (Å²) in [4.78, 5) is 0. The maximum absolute atomic E-state index is 4.06. The molecule has 0 saturated heterocycles. The summed E-state index contributed by atoms with van der Waals surface area (Å²) >= 11 is 2.40. The Bertz CT molecular complexity index is 238. The predicted octanol–water partition coefficient (Wildman–Crippen LogP) is 3.92. The van der Waals surface area contributed by atoms with Crippen LogP contribution < -0.4 is 0 Å². The molecule has 0 aromatic heterocycles. The van der Waals surface area contributed by atoms with E-state index in [-0.39, 0.29) is 0 Å². The van der Waals surface area contributed by atoms with Gasteiger partial charge in [-0.15, -0.1) is 0 Å². The molecule has 0 N–H and O–H groups in total. The molecular weight excluding hydrogens is 259 g/mol. The van der Waals surface area contributed by atoms with Gasteiger partial charge in [0.15, 0.2) is 0 Å². The van der Waals surface area contributed by atoms with Crippen LogP contribution in [-0.2, 0) is 0 Å². The fourth-order valence-corrected chi connectivity index (χ4v) is 1.48. The molecule has 0 unspecified atom stereocenters. The van der Waals surface area contributed by atoms with Crippen LogP contribution in [0.5, 0.6) is 0 Å². The van der Waals surface area contributed by atoms with Crippen molar-refractivity contribution in [2.24, 2.45) is 0 Å². The van der Waals surface area contributed by atoms with Crippen molar-refractivity contribution in [1.82, 2.24) is 0 Å². The summed E-state index contributed by atoms with van der Waals surface area (Å²) in [6.07, 6.45) is 2.35. The monoisotopic (exact) mass is 272 g/mol. The van der Waals surface area contributed by atoms with E-state index in [1.54, 1.807) is 0 Å². The highest BCUT2D eigenvalue weighted by Gasteiger charge is 1.95. The normalized spacial score (nSPS) is 9.75. The van der Waals surface area contributed by atoms with Crippen molar-refractivity contribution in [2.45, 2.75) is 12.8 Å². The maximum atomic E-state index is 4.06. The SMILES string of the molecule is C=C(CCCI)c1ccccc1. The molecule has 1 aromatic carbocycles. The molecule has 0 heterocycles. The summed E-state index contributed by atoms with van der Waals surface area (Å²) in [6.45, 7) is 4.06. The number of rotatable bonds is 4. The Labute approximate surface area is 87.8 Å². The van der Waals surface area contributed by atoms with E-state index in [1.165, 1.54) is 22.0 Å². The summed E-state index contributed by atoms with van der Waals surface area (Å²) in [6, 6.07) is 10.4. The van der Waals surface area contributed by atoms with Gasteiger partial charge in [0.2, 0.25) is 0 Å². The minimum Gasteiger partial charge on any atom is -0.0952 e. The first-order valence-electron chi connectivity index (χ1n) is 4.14. The Morgan fingerprint density at radius 2 is 1.92 bits per heavy atom. The summed E-state index contributed by atoms with van der Waals surface area (Å²) in [5.41, 5.74) is 2.54. The molecule has 0 aliphatic carbocycles. The predicted molar refractivity (Wildman–Crippen MR) is 63.6 cm³/mol. The van der Waals surface area contributed by atoms with E-state index in [1.807, 2.05) is 6.07 Å². The van der Waals surface area contributed by atoms with Gasteiger partial charge in [-0.25, -0.2) is 0 Å². The lowest BCUT2D eigenvalue weighted by molar-refractivity contribution is 1.00. The van der Waals surface area contributed by atoms with E-state index < -0.39 is 0 Å². The summed E-state index contributed by atoms with van der Waals surface area (Å²) in [5.74, 6) is 0. The third kappa shape index (κ3) is 2.97. The third-order valence-corrected chi connectivity index (χ3v) is 2.56. The number of alkyl halides is 1. The van der Waals surface area contributed by atoms with Crippen molar-refractivity contribution in [3.05, 3.63) is 42.5 Å². The van der Waals surface area contributed by atoms with Gasteiger partial charge in [-0.1, -0.05) is 59.5 Å². The van der Waals surface area contributed by atoms with Crippen molar-refractivity contribution >= 4 is 28.2 Å². The molecule has 0 aliphatic heterocycles. The molecule has 0 bridgehead atoms. The molecule has 1 aromatic rings. The summed E-state index contributed by atoms with van der Waals surface area (Å²) in [7, 11) is 0. The van der Waals surface area contributed by atoms with Crippen LogP contribution in [0.15, 0.2) is 36.9 Å². The zero-order valence-electron chi connectivity index (χ0n) is 7.09. The van der Waals surface area contributed by atoms with Crippen molar-refractivity contribution in [3.63, 3.8) is 0 Å². The zero-order valence-corrected chi connectivity index (χ0v) is 9.25. The molecular formula is C11H13I. The molecule has 0 aliphatic rings. The summed E-state index contributed by atoms with van der Waals surface area (Å²) < 4.78 is 1.21. The average molecular weight is 272 g/mol. The van der Waals surface area contributed by atoms with E-state index in [0.29, 0.717) is 0 Å². The number of benzene rings is 1. The van der Waals surface area contributed by atoms with Crippen molar-refractivity contribution < 1.29 is 0 Å². The van der Waals surface area contributed by atoms with Gasteiger partial charge >= 0.3 is 0 Å². The van der Waals surface area contributed by atoms with E-state index in [4.69, 9.17) is 0 Å². The molecule has 0 saturated carbocycles. The third-order valence-electron chi connectivity index (χ3n) is 1.79. The van der Waals surface area contributed by atoms with Gasteiger partial charge in [-0.2, -0.15) is 0 Å². The Morgan fingerprint density at radius 3 is 2.50 bits per heavy atom. The van der Waals surface area contributed by atoms with Crippen molar-refractivity contribution in [3.8, 4) is 0 Å². The highest BCUT2D eigenvalue weighted by molar-refractivity contribution is 14.1. The van der Waals surface area contributed by atoms with Gasteiger partial charge < -0.3 is 0 Å². The van der Waals surface area contributed by atoms with E-state index in [9.17, 15) is 0 Å². The molecule has 0 atom stereocenters. The Morgan fingerprint density at radius 1 is 1.25 bits per heavy atom. The molecule has 1 rings (SSSR count). The van der Waals surface area contributed by atoms with Gasteiger partial charge in [0.1, 0.15) is 0 Å². The van der Waals surface area contributed by atoms with Crippen LogP contribution in [0, 0.1) is 0 Å². The highest BCUT2D eigenvalue weighted by Crippen LogP contribution is 2.17. The van der Waals surface area contributed by atoms with E-state index in [0.717, 1.165) is 6.42 Å². The number of allylic oxidation sites excluding steroid dienone is 1. The molecule has 0 spiro atoms. The second-order valence-electron chi connectivity index (χ2n) is 2.76. The van der Waals surface area contributed by atoms with Crippen LogP contribution in [0.25, 0.3) is 5.57 Å².